The van der Waals surface area contributed by atoms with Gasteiger partial charge in [-0.05, 0) is 6.08 Å². The fourth-order valence-electron chi connectivity index (χ4n) is 1.47. The molecule has 0 heterocycles. The zero-order valence-corrected chi connectivity index (χ0v) is 9.55. The maximum atomic E-state index is 11.3. The number of methoxy groups -OCH3 is 1. The molecule has 0 radical (unpaired) electrons. The molecule has 0 aromatic heterocycles. The molecule has 1 atom stereocenters. The van der Waals surface area contributed by atoms with Gasteiger partial charge in [0.15, 0.2) is 0 Å². The average molecular weight is 243 g/mol. The van der Waals surface area contributed by atoms with E-state index in [9.17, 15) is 4.79 Å². The Morgan fingerprint density at radius 3 is 2.76 bits per heavy atom. The summed E-state index contributed by atoms with van der Waals surface area (Å²) in [5, 5.41) is 6.89. The first kappa shape index (κ1) is 15.1. The van der Waals surface area contributed by atoms with Gasteiger partial charge < -0.3 is 15.6 Å². The van der Waals surface area contributed by atoms with Crippen LogP contribution in [0.3, 0.4) is 0 Å². The van der Waals surface area contributed by atoms with Crippen molar-refractivity contribution in [3.63, 3.8) is 0 Å². The Hall–Kier alpha value is -1.86. The average Bonchev–Trinajstić information content (AvgIpc) is 2.30. The highest BCUT2D eigenvalue weighted by Crippen LogP contribution is 2.30. The summed E-state index contributed by atoms with van der Waals surface area (Å²) in [5.41, 5.74) is 7.04. The Morgan fingerprint density at radius 1 is 1.76 bits per heavy atom. The van der Waals surface area contributed by atoms with Gasteiger partial charge in [0.2, 0.25) is 5.91 Å². The van der Waals surface area contributed by atoms with Gasteiger partial charge in [0.05, 0.1) is 18.3 Å². The molecular formula is C10H17N3O4. The molecule has 96 valence electrons. The Kier molecular flexibility index (Phi) is 6.61. The molecule has 0 saturated carbocycles. The lowest BCUT2D eigenvalue weighted by atomic mass is 9.80. The SMILES string of the molecule is COC1=CC=CC(CNN)(C(N)=O)C1.O=CO. The summed E-state index contributed by atoms with van der Waals surface area (Å²) in [4.78, 5) is 19.7. The smallest absolute Gasteiger partial charge is 0.290 e. The highest BCUT2D eigenvalue weighted by atomic mass is 16.5. The van der Waals surface area contributed by atoms with Gasteiger partial charge >= 0.3 is 0 Å². The summed E-state index contributed by atoms with van der Waals surface area (Å²) in [6, 6.07) is 0. The van der Waals surface area contributed by atoms with Crippen LogP contribution in [-0.4, -0.2) is 31.1 Å². The van der Waals surface area contributed by atoms with Gasteiger partial charge in [-0.3, -0.25) is 20.9 Å². The van der Waals surface area contributed by atoms with E-state index in [0.717, 1.165) is 5.76 Å². The zero-order valence-electron chi connectivity index (χ0n) is 9.55. The number of nitrogens with two attached hydrogens (primary N) is 2. The first-order chi connectivity index (χ1) is 8.06. The molecule has 0 aliphatic heterocycles. The molecule has 6 N–H and O–H groups in total. The van der Waals surface area contributed by atoms with E-state index in [1.165, 1.54) is 0 Å². The largest absolute Gasteiger partial charge is 0.501 e. The molecule has 1 aliphatic rings. The summed E-state index contributed by atoms with van der Waals surface area (Å²) in [7, 11) is 1.56. The molecule has 1 amide bonds. The van der Waals surface area contributed by atoms with Crippen molar-refractivity contribution < 1.29 is 19.4 Å². The van der Waals surface area contributed by atoms with Gasteiger partial charge in [0, 0.05) is 13.0 Å². The number of hydrazine groups is 1. The van der Waals surface area contributed by atoms with Gasteiger partial charge in [-0.1, -0.05) is 12.2 Å². The van der Waals surface area contributed by atoms with Crippen LogP contribution in [-0.2, 0) is 14.3 Å². The predicted octanol–water partition coefficient (Wildman–Crippen LogP) is -0.888. The van der Waals surface area contributed by atoms with Crippen molar-refractivity contribution in [2.75, 3.05) is 13.7 Å². The van der Waals surface area contributed by atoms with Gasteiger partial charge in [0.25, 0.3) is 6.47 Å². The van der Waals surface area contributed by atoms with E-state index in [0.29, 0.717) is 13.0 Å². The van der Waals surface area contributed by atoms with Crippen molar-refractivity contribution in [3.05, 3.63) is 24.0 Å². The molecule has 1 unspecified atom stereocenters. The van der Waals surface area contributed by atoms with E-state index < -0.39 is 11.3 Å². The number of allylic oxidation sites excluding steroid dienone is 3. The molecule has 0 spiro atoms. The Bertz CT molecular complexity index is 328. The Labute approximate surface area is 99.1 Å². The Morgan fingerprint density at radius 2 is 2.35 bits per heavy atom. The van der Waals surface area contributed by atoms with Gasteiger partial charge in [-0.15, -0.1) is 0 Å². The Balaban J connectivity index is 0.000000770. The molecule has 0 saturated heterocycles. The quantitative estimate of drug-likeness (QED) is 0.288. The zero-order chi connectivity index (χ0) is 13.3. The minimum Gasteiger partial charge on any atom is -0.501 e. The number of primary amides is 1. The number of hydrogen-bond acceptors (Lipinski definition) is 5. The van der Waals surface area contributed by atoms with E-state index in [-0.39, 0.29) is 6.47 Å². The summed E-state index contributed by atoms with van der Waals surface area (Å²) >= 11 is 0. The minimum atomic E-state index is -0.769. The van der Waals surface area contributed by atoms with Crippen LogP contribution < -0.4 is 17.0 Å². The van der Waals surface area contributed by atoms with Crippen LogP contribution in [0.1, 0.15) is 6.42 Å². The highest BCUT2D eigenvalue weighted by Gasteiger charge is 2.36. The number of carbonyl (C=O) groups excluding carboxylic acids is 1. The number of nitrogens with one attached hydrogen (secondary N) is 1. The third kappa shape index (κ3) is 4.25. The van der Waals surface area contributed by atoms with Crippen LogP contribution in [0.2, 0.25) is 0 Å². The summed E-state index contributed by atoms with van der Waals surface area (Å²) in [6.45, 7) is 0.0551. The maximum absolute atomic E-state index is 11.3. The molecule has 0 aromatic rings. The number of amides is 1. The number of hydrogen-bond donors (Lipinski definition) is 4. The van der Waals surface area contributed by atoms with Crippen LogP contribution in [0.15, 0.2) is 24.0 Å². The number of carbonyl (C=O) groups is 2. The van der Waals surface area contributed by atoms with Crippen LogP contribution in [0, 0.1) is 5.41 Å². The molecule has 7 heteroatoms. The molecule has 7 nitrogen and oxygen atoms in total. The topological polar surface area (TPSA) is 128 Å². The van der Waals surface area contributed by atoms with Crippen molar-refractivity contribution in [2.24, 2.45) is 17.0 Å². The standard InChI is InChI=1S/C9H15N3O2.CH2O2/c1-14-7-3-2-4-9(5-7,6-12-11)8(10)13;2-1-3/h2-4,12H,5-6,11H2,1H3,(H2,10,13);1H,(H,2,3). The monoisotopic (exact) mass is 243 g/mol. The lowest BCUT2D eigenvalue weighted by molar-refractivity contribution is -0.125. The third-order valence-corrected chi connectivity index (χ3v) is 2.36. The first-order valence-corrected chi connectivity index (χ1v) is 4.80. The molecule has 1 rings (SSSR count). The van der Waals surface area contributed by atoms with Crippen molar-refractivity contribution in [1.29, 1.82) is 0 Å². The van der Waals surface area contributed by atoms with E-state index in [1.807, 2.05) is 0 Å². The highest BCUT2D eigenvalue weighted by molar-refractivity contribution is 5.84. The minimum absolute atomic E-state index is 0.250. The lowest BCUT2D eigenvalue weighted by Gasteiger charge is -2.29. The van der Waals surface area contributed by atoms with Crippen LogP contribution in [0.25, 0.3) is 0 Å². The fraction of sp³-hybridized carbons (Fsp3) is 0.400. The summed E-state index contributed by atoms with van der Waals surface area (Å²) < 4.78 is 5.08. The first-order valence-electron chi connectivity index (χ1n) is 4.80. The molecule has 1 aliphatic carbocycles. The number of rotatable bonds is 4. The predicted molar refractivity (Wildman–Crippen MR) is 61.4 cm³/mol. The third-order valence-electron chi connectivity index (χ3n) is 2.36. The van der Waals surface area contributed by atoms with Crippen molar-refractivity contribution in [2.45, 2.75) is 6.42 Å². The molecule has 0 bridgehead atoms. The van der Waals surface area contributed by atoms with Crippen molar-refractivity contribution in [1.82, 2.24) is 5.43 Å². The molecule has 0 aromatic carbocycles. The van der Waals surface area contributed by atoms with E-state index in [1.54, 1.807) is 25.3 Å². The number of carboxylic acid groups (broad SMARTS) is 1. The molecular weight excluding hydrogens is 226 g/mol. The van der Waals surface area contributed by atoms with Gasteiger partial charge in [-0.25, -0.2) is 0 Å². The van der Waals surface area contributed by atoms with Crippen LogP contribution >= 0.6 is 0 Å². The van der Waals surface area contributed by atoms with Gasteiger partial charge in [0.1, 0.15) is 0 Å². The fourth-order valence-corrected chi connectivity index (χ4v) is 1.47. The molecule has 17 heavy (non-hydrogen) atoms. The van der Waals surface area contributed by atoms with E-state index in [4.69, 9.17) is 26.2 Å². The lowest BCUT2D eigenvalue weighted by Crippen LogP contribution is -2.46. The summed E-state index contributed by atoms with van der Waals surface area (Å²) in [5.74, 6) is 5.53. The second-order valence-corrected chi connectivity index (χ2v) is 3.38. The van der Waals surface area contributed by atoms with Gasteiger partial charge in [-0.2, -0.15) is 0 Å². The maximum Gasteiger partial charge on any atom is 0.290 e. The normalized spacial score (nSPS) is 21.9. The van der Waals surface area contributed by atoms with Crippen LogP contribution in [0.5, 0.6) is 0 Å². The second kappa shape index (κ2) is 7.42. The van der Waals surface area contributed by atoms with E-state index in [2.05, 4.69) is 5.43 Å². The van der Waals surface area contributed by atoms with E-state index >= 15 is 0 Å². The number of ether oxygens (including phenoxy) is 1. The molecule has 0 fully saturated rings. The second-order valence-electron chi connectivity index (χ2n) is 3.38. The van der Waals surface area contributed by atoms with Crippen molar-refractivity contribution in [3.8, 4) is 0 Å². The van der Waals surface area contributed by atoms with Crippen molar-refractivity contribution >= 4 is 12.4 Å². The van der Waals surface area contributed by atoms with Crippen LogP contribution in [0.4, 0.5) is 0 Å². The summed E-state index contributed by atoms with van der Waals surface area (Å²) in [6.07, 6.45) is 5.75.